The Morgan fingerprint density at radius 1 is 1.30 bits per heavy atom. The van der Waals surface area contributed by atoms with Crippen molar-refractivity contribution in [2.24, 2.45) is 5.41 Å². The van der Waals surface area contributed by atoms with Gasteiger partial charge in [-0.2, -0.15) is 14.0 Å². The van der Waals surface area contributed by atoms with Crippen LogP contribution < -0.4 is 4.90 Å². The maximum Gasteiger partial charge on any atom is 0.417 e. The summed E-state index contributed by atoms with van der Waals surface area (Å²) in [7, 11) is 0. The normalized spacial score (nSPS) is 25.5. The Labute approximate surface area is 188 Å². The number of amides is 1. The third kappa shape index (κ3) is 3.81. The van der Waals surface area contributed by atoms with Gasteiger partial charge < -0.3 is 13.8 Å². The summed E-state index contributed by atoms with van der Waals surface area (Å²) in [6.45, 7) is 3.74. The van der Waals surface area contributed by atoms with Crippen molar-refractivity contribution in [1.82, 2.24) is 14.7 Å². The summed E-state index contributed by atoms with van der Waals surface area (Å²) in [4.78, 5) is 18.4. The number of benzene rings is 1. The smallest absolute Gasteiger partial charge is 0.417 e. The number of anilines is 1. The Balaban J connectivity index is 1.38. The molecule has 2 atom stereocenters. The summed E-state index contributed by atoms with van der Waals surface area (Å²) in [5, 5.41) is 12.7. The molecule has 2 unspecified atom stereocenters. The van der Waals surface area contributed by atoms with Crippen LogP contribution in [0, 0.1) is 16.7 Å². The second kappa shape index (κ2) is 7.27. The number of halogens is 2. The predicted octanol–water partition coefficient (Wildman–Crippen LogP) is 4.98. The summed E-state index contributed by atoms with van der Waals surface area (Å²) in [6, 6.07) is 8.65. The molecule has 1 aromatic carbocycles. The van der Waals surface area contributed by atoms with E-state index in [0.29, 0.717) is 24.9 Å². The number of nitrogens with zero attached hydrogens (tertiary/aromatic N) is 5. The molecule has 3 heterocycles. The Hall–Kier alpha value is -3.48. The van der Waals surface area contributed by atoms with Crippen LogP contribution in [-0.2, 0) is 17.2 Å². The monoisotopic (exact) mass is 455 g/mol. The number of hydrogen-bond acceptors (Lipinski definition) is 6. The quantitative estimate of drug-likeness (QED) is 0.550. The first-order valence-electron chi connectivity index (χ1n) is 10.8. The lowest BCUT2D eigenvalue weighted by molar-refractivity contribution is -0.0264. The molecule has 3 aromatic rings. The Bertz CT molecular complexity index is 1270. The molecule has 1 aliphatic heterocycles. The fraction of sp³-hybridized carbons (Fsp3) is 0.478. The first-order valence-corrected chi connectivity index (χ1v) is 10.8. The number of carbonyl (C=O) groups excluding carboxylic acids is 1. The van der Waals surface area contributed by atoms with Gasteiger partial charge in [0.15, 0.2) is 5.69 Å². The van der Waals surface area contributed by atoms with Crippen LogP contribution in [-0.4, -0.2) is 32.9 Å². The van der Waals surface area contributed by atoms with Crippen molar-refractivity contribution >= 4 is 23.0 Å². The van der Waals surface area contributed by atoms with Crippen molar-refractivity contribution in [3.8, 4) is 6.07 Å². The molecule has 0 radical (unpaired) electrons. The van der Waals surface area contributed by atoms with Crippen LogP contribution in [0.2, 0.25) is 0 Å². The third-order valence-corrected chi connectivity index (χ3v) is 6.65. The summed E-state index contributed by atoms with van der Waals surface area (Å²) in [5.41, 5.74) is 0.806. The second-order valence-electron chi connectivity index (χ2n) is 9.60. The maximum atomic E-state index is 13.6. The van der Waals surface area contributed by atoms with E-state index >= 15 is 0 Å². The summed E-state index contributed by atoms with van der Waals surface area (Å²) in [5.74, 6) is -3.20. The number of hydrogen-bond donors (Lipinski definition) is 0. The first-order chi connectivity index (χ1) is 15.6. The van der Waals surface area contributed by atoms with Crippen molar-refractivity contribution in [3.63, 3.8) is 0 Å². The number of imidazole rings is 1. The van der Waals surface area contributed by atoms with E-state index in [0.717, 1.165) is 36.9 Å². The van der Waals surface area contributed by atoms with Gasteiger partial charge in [-0.3, -0.25) is 0 Å². The molecule has 0 N–H and O–H groups in total. The molecule has 1 spiro atoms. The van der Waals surface area contributed by atoms with E-state index in [1.54, 1.807) is 12.4 Å². The fourth-order valence-electron chi connectivity index (χ4n) is 5.21. The summed E-state index contributed by atoms with van der Waals surface area (Å²) < 4.78 is 40.0. The van der Waals surface area contributed by atoms with Gasteiger partial charge in [0, 0.05) is 19.5 Å². The molecule has 10 heteroatoms. The Morgan fingerprint density at radius 2 is 2.12 bits per heavy atom. The highest BCUT2D eigenvalue weighted by molar-refractivity contribution is 5.88. The maximum absolute atomic E-state index is 13.6. The van der Waals surface area contributed by atoms with E-state index in [1.165, 1.54) is 4.90 Å². The molecule has 33 heavy (non-hydrogen) atoms. The summed E-state index contributed by atoms with van der Waals surface area (Å²) in [6.07, 6.45) is 4.21. The molecular formula is C23H23F2N5O3. The van der Waals surface area contributed by atoms with E-state index in [4.69, 9.17) is 9.26 Å². The van der Waals surface area contributed by atoms with E-state index in [2.05, 4.69) is 23.1 Å². The highest BCUT2D eigenvalue weighted by Gasteiger charge is 2.52. The first kappa shape index (κ1) is 21.4. The van der Waals surface area contributed by atoms with Gasteiger partial charge in [-0.1, -0.05) is 12.1 Å². The zero-order valence-corrected chi connectivity index (χ0v) is 18.3. The van der Waals surface area contributed by atoms with Crippen LogP contribution in [0.1, 0.15) is 50.8 Å². The summed E-state index contributed by atoms with van der Waals surface area (Å²) >= 11 is 0. The van der Waals surface area contributed by atoms with Gasteiger partial charge in [-0.25, -0.2) is 14.7 Å². The SMILES string of the molecule is CC1(Cn2cnc3ccc(C#N)cc32)CCCC2(CN(c3cc(C(C)(F)F)no3)C(=O)O2)C1. The molecule has 2 fully saturated rings. The van der Waals surface area contributed by atoms with Crippen LogP contribution in [0.25, 0.3) is 11.0 Å². The lowest BCUT2D eigenvalue weighted by Gasteiger charge is -2.43. The molecule has 0 bridgehead atoms. The largest absolute Gasteiger partial charge is 0.441 e. The predicted molar refractivity (Wildman–Crippen MR) is 114 cm³/mol. The number of alkyl halides is 2. The van der Waals surface area contributed by atoms with Crippen molar-refractivity contribution in [2.75, 3.05) is 11.4 Å². The fourth-order valence-corrected chi connectivity index (χ4v) is 5.21. The number of aromatic nitrogens is 3. The standard InChI is InChI=1S/C23H23F2N5O3/c1-21(12-29-14-27-16-5-4-15(10-26)8-17(16)29)6-3-7-23(11-21)13-30(20(31)32-23)19-9-18(28-33-19)22(2,24)25/h4-5,8-9,14H,3,6-7,11-13H2,1-2H3. The molecule has 2 aliphatic rings. The van der Waals surface area contributed by atoms with Crippen molar-refractivity contribution in [1.29, 1.82) is 5.26 Å². The number of carbonyl (C=O) groups is 1. The van der Waals surface area contributed by atoms with Crippen LogP contribution in [0.15, 0.2) is 35.1 Å². The van der Waals surface area contributed by atoms with Gasteiger partial charge in [-0.05, 0) is 49.3 Å². The molecule has 2 aromatic heterocycles. The highest BCUT2D eigenvalue weighted by atomic mass is 19.3. The van der Waals surface area contributed by atoms with E-state index in [-0.39, 0.29) is 17.8 Å². The average Bonchev–Trinajstić information content (AvgIpc) is 3.45. The number of fused-ring (bicyclic) bond motifs is 1. The van der Waals surface area contributed by atoms with Crippen LogP contribution in [0.3, 0.4) is 0 Å². The van der Waals surface area contributed by atoms with Gasteiger partial charge in [0.05, 0.1) is 35.5 Å². The average molecular weight is 455 g/mol. The molecule has 172 valence electrons. The lowest BCUT2D eigenvalue weighted by Crippen LogP contribution is -2.45. The van der Waals surface area contributed by atoms with Gasteiger partial charge in [0.1, 0.15) is 5.60 Å². The minimum Gasteiger partial charge on any atom is -0.441 e. The van der Waals surface area contributed by atoms with Gasteiger partial charge in [-0.15, -0.1) is 0 Å². The molecule has 5 rings (SSSR count). The Kier molecular flexibility index (Phi) is 4.71. The topological polar surface area (TPSA) is 97.2 Å². The van der Waals surface area contributed by atoms with Crippen molar-refractivity contribution in [2.45, 2.75) is 57.6 Å². The van der Waals surface area contributed by atoms with Gasteiger partial charge >= 0.3 is 6.09 Å². The minimum atomic E-state index is -3.16. The molecule has 8 nitrogen and oxygen atoms in total. The molecule has 1 saturated carbocycles. The molecule has 1 amide bonds. The zero-order valence-electron chi connectivity index (χ0n) is 18.3. The molecule has 1 saturated heterocycles. The minimum absolute atomic E-state index is 0.0367. The van der Waals surface area contributed by atoms with E-state index in [1.807, 2.05) is 16.7 Å². The van der Waals surface area contributed by atoms with Crippen molar-refractivity contribution < 1.29 is 22.8 Å². The van der Waals surface area contributed by atoms with Crippen LogP contribution in [0.4, 0.5) is 19.5 Å². The second-order valence-corrected chi connectivity index (χ2v) is 9.60. The lowest BCUT2D eigenvalue weighted by atomic mass is 9.68. The van der Waals surface area contributed by atoms with E-state index in [9.17, 15) is 18.8 Å². The number of nitriles is 1. The number of ether oxygens (including phenoxy) is 1. The Morgan fingerprint density at radius 3 is 2.85 bits per heavy atom. The van der Waals surface area contributed by atoms with Crippen molar-refractivity contribution in [3.05, 3.63) is 41.9 Å². The third-order valence-electron chi connectivity index (χ3n) is 6.65. The van der Waals surface area contributed by atoms with Gasteiger partial charge in [0.2, 0.25) is 5.88 Å². The van der Waals surface area contributed by atoms with Crippen LogP contribution >= 0.6 is 0 Å². The molecule has 1 aliphatic carbocycles. The highest BCUT2D eigenvalue weighted by Crippen LogP contribution is 2.48. The zero-order chi connectivity index (χ0) is 23.4. The van der Waals surface area contributed by atoms with Crippen LogP contribution in [0.5, 0.6) is 0 Å². The molecular weight excluding hydrogens is 432 g/mol. The van der Waals surface area contributed by atoms with E-state index < -0.39 is 23.3 Å². The number of rotatable bonds is 4. The van der Waals surface area contributed by atoms with Gasteiger partial charge in [0.25, 0.3) is 5.92 Å².